The van der Waals surface area contributed by atoms with Crippen molar-refractivity contribution in [2.75, 3.05) is 7.05 Å². The molecule has 12 heavy (non-hydrogen) atoms. The highest BCUT2D eigenvalue weighted by molar-refractivity contribution is 5.75. The van der Waals surface area contributed by atoms with Crippen molar-refractivity contribution in [1.82, 2.24) is 0 Å². The molecule has 0 saturated heterocycles. The smallest absolute Gasteiger partial charge is 0.181 e. The van der Waals surface area contributed by atoms with Gasteiger partial charge in [0.25, 0.3) is 0 Å². The first-order valence-electron chi connectivity index (χ1n) is 4.06. The van der Waals surface area contributed by atoms with Crippen LogP contribution in [0.3, 0.4) is 0 Å². The van der Waals surface area contributed by atoms with E-state index in [9.17, 15) is 5.21 Å². The predicted molar refractivity (Wildman–Crippen MR) is 50.5 cm³/mol. The van der Waals surface area contributed by atoms with Crippen molar-refractivity contribution in [3.8, 4) is 0 Å². The highest BCUT2D eigenvalue weighted by Gasteiger charge is 1.93. The molecule has 0 aliphatic rings. The fourth-order valence-electron chi connectivity index (χ4n) is 1.10. The Labute approximate surface area is 72.7 Å². The van der Waals surface area contributed by atoms with Crippen LogP contribution in [0.5, 0.6) is 0 Å². The average Bonchev–Trinajstić information content (AvgIpc) is 2.03. The zero-order chi connectivity index (χ0) is 8.97. The third-order valence-electron chi connectivity index (χ3n) is 1.69. The lowest BCUT2D eigenvalue weighted by molar-refractivity contribution is -0.416. The molecule has 0 N–H and O–H groups in total. The van der Waals surface area contributed by atoms with Gasteiger partial charge in [0.2, 0.25) is 0 Å². The predicted octanol–water partition coefficient (Wildman–Crippen LogP) is 1.81. The van der Waals surface area contributed by atoms with Gasteiger partial charge in [0.1, 0.15) is 7.05 Å². The van der Waals surface area contributed by atoms with E-state index in [2.05, 4.69) is 13.0 Å². The number of aryl methyl sites for hydroxylation is 1. The second-order valence-corrected chi connectivity index (χ2v) is 2.77. The maximum atomic E-state index is 10.7. The van der Waals surface area contributed by atoms with E-state index in [-0.39, 0.29) is 0 Å². The van der Waals surface area contributed by atoms with Crippen molar-refractivity contribution in [1.29, 1.82) is 0 Å². The first kappa shape index (κ1) is 8.78. The largest absolute Gasteiger partial charge is 0.624 e. The van der Waals surface area contributed by atoms with E-state index in [1.807, 2.05) is 18.2 Å². The molecule has 0 unspecified atom stereocenters. The van der Waals surface area contributed by atoms with Crippen LogP contribution in [-0.4, -0.2) is 18.0 Å². The third-order valence-corrected chi connectivity index (χ3v) is 1.69. The molecule has 1 aromatic rings. The molecule has 2 heteroatoms. The lowest BCUT2D eigenvalue weighted by Crippen LogP contribution is -1.97. The van der Waals surface area contributed by atoms with Crippen LogP contribution in [0.15, 0.2) is 24.3 Å². The summed E-state index contributed by atoms with van der Waals surface area (Å²) >= 11 is 0. The molecular weight excluding hydrogens is 150 g/mol. The Morgan fingerprint density at radius 3 is 2.83 bits per heavy atom. The summed E-state index contributed by atoms with van der Waals surface area (Å²) in [6, 6.07) is 7.97. The fraction of sp³-hybridized carbons (Fsp3) is 0.300. The summed E-state index contributed by atoms with van der Waals surface area (Å²) in [5, 5.41) is 10.7. The van der Waals surface area contributed by atoms with Crippen LogP contribution in [0.2, 0.25) is 0 Å². The van der Waals surface area contributed by atoms with E-state index in [1.165, 1.54) is 12.6 Å². The molecule has 0 atom stereocenters. The molecule has 0 amide bonds. The standard InChI is InChI=1S/C10H13NO/c1-3-9-5-4-6-10(7-9)8-11(2)12/h4-8H,3H2,1-2H3. The minimum Gasteiger partial charge on any atom is -0.624 e. The van der Waals surface area contributed by atoms with Gasteiger partial charge in [-0.05, 0) is 24.1 Å². The van der Waals surface area contributed by atoms with Crippen molar-refractivity contribution in [3.63, 3.8) is 0 Å². The Kier molecular flexibility index (Phi) is 2.86. The van der Waals surface area contributed by atoms with Gasteiger partial charge in [0.15, 0.2) is 6.21 Å². The zero-order valence-electron chi connectivity index (χ0n) is 7.45. The molecule has 1 aromatic carbocycles. The molecule has 0 aliphatic heterocycles. The molecule has 0 spiro atoms. The number of nitrogens with zero attached hydrogens (tertiary/aromatic N) is 1. The van der Waals surface area contributed by atoms with Crippen LogP contribution >= 0.6 is 0 Å². The second-order valence-electron chi connectivity index (χ2n) is 2.77. The van der Waals surface area contributed by atoms with Crippen LogP contribution in [0.1, 0.15) is 18.1 Å². The number of benzene rings is 1. The van der Waals surface area contributed by atoms with E-state index < -0.39 is 0 Å². The van der Waals surface area contributed by atoms with Crippen LogP contribution in [0.25, 0.3) is 0 Å². The molecule has 1 rings (SSSR count). The van der Waals surface area contributed by atoms with Crippen molar-refractivity contribution < 1.29 is 4.74 Å². The number of rotatable bonds is 2. The quantitative estimate of drug-likeness (QED) is 0.282. The van der Waals surface area contributed by atoms with Gasteiger partial charge in [-0.25, -0.2) is 4.74 Å². The molecule has 64 valence electrons. The number of hydrogen-bond donors (Lipinski definition) is 0. The first-order valence-corrected chi connectivity index (χ1v) is 4.06. The average molecular weight is 163 g/mol. The summed E-state index contributed by atoms with van der Waals surface area (Å²) in [6.45, 7) is 2.10. The highest BCUT2D eigenvalue weighted by atomic mass is 16.5. The van der Waals surface area contributed by atoms with Gasteiger partial charge in [-0.3, -0.25) is 0 Å². The Morgan fingerprint density at radius 2 is 2.25 bits per heavy atom. The van der Waals surface area contributed by atoms with Gasteiger partial charge in [0.05, 0.1) is 0 Å². The van der Waals surface area contributed by atoms with E-state index in [0.29, 0.717) is 0 Å². The Bertz CT molecular complexity index is 288. The molecule has 0 heterocycles. The van der Waals surface area contributed by atoms with Gasteiger partial charge in [-0.1, -0.05) is 19.1 Å². The van der Waals surface area contributed by atoms with Crippen LogP contribution < -0.4 is 0 Å². The second kappa shape index (κ2) is 3.90. The molecule has 0 bridgehead atoms. The summed E-state index contributed by atoms with van der Waals surface area (Å²) in [4.78, 5) is 0. The Balaban J connectivity index is 2.94. The van der Waals surface area contributed by atoms with E-state index in [1.54, 1.807) is 6.21 Å². The zero-order valence-corrected chi connectivity index (χ0v) is 7.45. The van der Waals surface area contributed by atoms with Crippen LogP contribution in [0.4, 0.5) is 0 Å². The monoisotopic (exact) mass is 163 g/mol. The van der Waals surface area contributed by atoms with Crippen LogP contribution in [-0.2, 0) is 6.42 Å². The lowest BCUT2D eigenvalue weighted by atomic mass is 10.1. The highest BCUT2D eigenvalue weighted by Crippen LogP contribution is 2.03. The number of hydroxylamine groups is 1. The van der Waals surface area contributed by atoms with Gasteiger partial charge >= 0.3 is 0 Å². The maximum Gasteiger partial charge on any atom is 0.181 e. The van der Waals surface area contributed by atoms with Crippen molar-refractivity contribution in [2.24, 2.45) is 0 Å². The minimum atomic E-state index is 0.814. The van der Waals surface area contributed by atoms with Crippen molar-refractivity contribution >= 4 is 6.21 Å². The SMILES string of the molecule is CCc1cccc(C=[N+](C)[O-])c1. The molecule has 0 saturated carbocycles. The van der Waals surface area contributed by atoms with Crippen molar-refractivity contribution in [2.45, 2.75) is 13.3 Å². The summed E-state index contributed by atoms with van der Waals surface area (Å²) < 4.78 is 0.814. The van der Waals surface area contributed by atoms with E-state index >= 15 is 0 Å². The van der Waals surface area contributed by atoms with E-state index in [0.717, 1.165) is 16.7 Å². The molecule has 0 fully saturated rings. The van der Waals surface area contributed by atoms with Crippen LogP contribution in [0, 0.1) is 5.21 Å². The Hall–Kier alpha value is -1.31. The van der Waals surface area contributed by atoms with Gasteiger partial charge in [-0.2, -0.15) is 0 Å². The summed E-state index contributed by atoms with van der Waals surface area (Å²) in [7, 11) is 1.48. The normalized spacial score (nSPS) is 11.7. The van der Waals surface area contributed by atoms with Crippen molar-refractivity contribution in [3.05, 3.63) is 40.6 Å². The van der Waals surface area contributed by atoms with E-state index in [4.69, 9.17) is 0 Å². The summed E-state index contributed by atoms with van der Waals surface area (Å²) in [5.41, 5.74) is 2.22. The van der Waals surface area contributed by atoms with Gasteiger partial charge in [0, 0.05) is 5.56 Å². The third kappa shape index (κ3) is 2.38. The minimum absolute atomic E-state index is 0.814. The Morgan fingerprint density at radius 1 is 1.50 bits per heavy atom. The lowest BCUT2D eigenvalue weighted by Gasteiger charge is -1.98. The van der Waals surface area contributed by atoms with Gasteiger partial charge in [-0.15, -0.1) is 0 Å². The maximum absolute atomic E-state index is 10.7. The van der Waals surface area contributed by atoms with Gasteiger partial charge < -0.3 is 5.21 Å². The summed E-state index contributed by atoms with van der Waals surface area (Å²) in [5.74, 6) is 0. The fourth-order valence-corrected chi connectivity index (χ4v) is 1.10. The summed E-state index contributed by atoms with van der Waals surface area (Å²) in [6.07, 6.45) is 2.57. The molecule has 0 radical (unpaired) electrons. The molecule has 0 aromatic heterocycles. The topological polar surface area (TPSA) is 26.1 Å². The molecule has 0 aliphatic carbocycles. The molecule has 2 nitrogen and oxygen atoms in total. The number of hydrogen-bond acceptors (Lipinski definition) is 1. The first-order chi connectivity index (χ1) is 5.72. The molecular formula is C10H13NO.